The molecular formula is C39H42F3N4O14PS. The van der Waals surface area contributed by atoms with E-state index in [0.717, 1.165) is 12.1 Å². The van der Waals surface area contributed by atoms with E-state index in [2.05, 4.69) is 4.18 Å². The molecule has 2 amide bonds. The second kappa shape index (κ2) is 18.9. The molecule has 0 radical (unpaired) electrons. The number of nitro groups is 2. The SMILES string of the molecule is CCO[PH]1(COc2ccc(C[C@@H]3[C@H](O)[C@@H](O)[C@@H](Cc4ccc(OS(=O)(=O)C(F)(F)F)cc4)N(Cc4cccc([N+](=O)[O-])c4)C(=O)N3Cc3cccc([N+](=O)[O-])c3)cc2)OC(C)O1. The van der Waals surface area contributed by atoms with E-state index >= 15 is 4.79 Å². The van der Waals surface area contributed by atoms with Crippen LogP contribution in [0.3, 0.4) is 0 Å². The summed E-state index contributed by atoms with van der Waals surface area (Å²) in [5, 5.41) is 47.6. The zero-order valence-electron chi connectivity index (χ0n) is 33.0. The predicted molar refractivity (Wildman–Crippen MR) is 215 cm³/mol. The van der Waals surface area contributed by atoms with Gasteiger partial charge in [-0.15, -0.1) is 0 Å². The zero-order valence-corrected chi connectivity index (χ0v) is 34.8. The number of benzene rings is 4. The Morgan fingerprint density at radius 1 is 0.758 bits per heavy atom. The van der Waals surface area contributed by atoms with E-state index < -0.39 is 75.8 Å². The van der Waals surface area contributed by atoms with Crippen molar-refractivity contribution in [3.63, 3.8) is 0 Å². The molecule has 2 fully saturated rings. The van der Waals surface area contributed by atoms with Crippen LogP contribution in [0.4, 0.5) is 29.3 Å². The molecule has 4 aromatic rings. The van der Waals surface area contributed by atoms with E-state index in [1.54, 1.807) is 38.1 Å². The Hall–Kier alpha value is -5.48. The minimum absolute atomic E-state index is 0.0355. The van der Waals surface area contributed by atoms with Crippen LogP contribution in [0.25, 0.3) is 0 Å². The van der Waals surface area contributed by atoms with Gasteiger partial charge in [0.25, 0.3) is 11.4 Å². The second-order valence-corrected chi connectivity index (χ2v) is 18.3. The number of alkyl halides is 3. The fourth-order valence-electron chi connectivity index (χ4n) is 7.18. The molecule has 2 N–H and O–H groups in total. The fourth-order valence-corrected chi connectivity index (χ4v) is 9.80. The van der Waals surface area contributed by atoms with Crippen molar-refractivity contribution >= 4 is 35.5 Å². The number of urea groups is 1. The molecule has 2 aliphatic rings. The number of halogens is 3. The fraction of sp³-hybridized carbons (Fsp3) is 0.359. The Balaban J connectivity index is 1.36. The number of ether oxygens (including phenoxy) is 1. The van der Waals surface area contributed by atoms with Crippen LogP contribution < -0.4 is 8.92 Å². The molecule has 0 spiro atoms. The third kappa shape index (κ3) is 10.8. The Morgan fingerprint density at radius 3 is 1.61 bits per heavy atom. The summed E-state index contributed by atoms with van der Waals surface area (Å²) in [6.07, 6.45) is -4.21. The first-order chi connectivity index (χ1) is 29.3. The van der Waals surface area contributed by atoms with Crippen molar-refractivity contribution in [2.75, 3.05) is 13.0 Å². The van der Waals surface area contributed by atoms with Crippen molar-refractivity contribution in [3.05, 3.63) is 140 Å². The van der Waals surface area contributed by atoms with E-state index in [1.165, 1.54) is 70.5 Å². The van der Waals surface area contributed by atoms with Crippen LogP contribution in [-0.4, -0.2) is 93.4 Å². The van der Waals surface area contributed by atoms with Crippen molar-refractivity contribution < 1.29 is 68.9 Å². The average molecular weight is 911 g/mol. The number of nitrogens with zero attached hydrogens (tertiary/aromatic N) is 4. The van der Waals surface area contributed by atoms with Crippen molar-refractivity contribution in [2.24, 2.45) is 0 Å². The van der Waals surface area contributed by atoms with Gasteiger partial charge in [0.05, 0.1) is 9.85 Å². The molecule has 0 aliphatic carbocycles. The molecular weight excluding hydrogens is 868 g/mol. The van der Waals surface area contributed by atoms with Crippen molar-refractivity contribution in [3.8, 4) is 11.5 Å². The average Bonchev–Trinajstić information content (AvgIpc) is 3.27. The summed E-state index contributed by atoms with van der Waals surface area (Å²) < 4.78 is 89.5. The molecule has 23 heteroatoms. The monoisotopic (exact) mass is 910 g/mol. The molecule has 4 aromatic carbocycles. The quantitative estimate of drug-likeness (QED) is 0.0385. The van der Waals surface area contributed by atoms with Crippen LogP contribution in [0, 0.1) is 20.2 Å². The molecule has 0 bridgehead atoms. The van der Waals surface area contributed by atoms with E-state index in [4.69, 9.17) is 18.3 Å². The maximum absolute atomic E-state index is 15.0. The summed E-state index contributed by atoms with van der Waals surface area (Å²) in [6.45, 7) is 3.22. The molecule has 0 aromatic heterocycles. The molecule has 6 rings (SSSR count). The molecule has 2 heterocycles. The standard InChI is InChI=1S/C39H42F3N4O14PS/c1-3-57-61(58-25(2)59-61)24-56-32-14-10-26(11-15-32)20-34-36(47)37(48)35(21-27-12-16-33(17-13-27)60-62(54,55)39(40,41)42)44(23-29-7-5-9-31(19-29)46(52)53)38(49)43(34)22-28-6-4-8-30(18-28)45(50)51/h4-19,25,34-37,47-48,61H,3,20-24H2,1-2H3/t34-,35-,36+,37+/m1/s1. The van der Waals surface area contributed by atoms with Gasteiger partial charge in [-0.1, -0.05) is 30.3 Å². The Kier molecular flexibility index (Phi) is 14.0. The molecule has 18 nitrogen and oxygen atoms in total. The summed E-state index contributed by atoms with van der Waals surface area (Å²) in [4.78, 5) is 39.7. The van der Waals surface area contributed by atoms with Gasteiger partial charge in [-0.05, 0) is 23.3 Å². The summed E-state index contributed by atoms with van der Waals surface area (Å²) >= 11 is 0. The van der Waals surface area contributed by atoms with Crippen LogP contribution in [0.5, 0.6) is 11.5 Å². The van der Waals surface area contributed by atoms with Crippen LogP contribution in [-0.2, 0) is 49.6 Å². The Morgan fingerprint density at radius 2 is 1.21 bits per heavy atom. The zero-order chi connectivity index (χ0) is 45.0. The van der Waals surface area contributed by atoms with E-state index in [9.17, 15) is 52.0 Å². The van der Waals surface area contributed by atoms with E-state index in [1.807, 2.05) is 0 Å². The minimum atomic E-state index is -6.00. The molecule has 4 atom stereocenters. The molecule has 0 saturated carbocycles. The summed E-state index contributed by atoms with van der Waals surface area (Å²) in [7, 11) is -9.00. The van der Waals surface area contributed by atoms with Crippen molar-refractivity contribution in [1.82, 2.24) is 9.80 Å². The summed E-state index contributed by atoms with van der Waals surface area (Å²) in [6, 6.07) is 18.5. The number of aliphatic hydroxyl groups is 2. The molecule has 334 valence electrons. The second-order valence-electron chi connectivity index (χ2n) is 14.4. The topological polar surface area (TPSA) is 231 Å². The number of rotatable bonds is 17. The van der Waals surface area contributed by atoms with E-state index in [-0.39, 0.29) is 54.8 Å². The van der Waals surface area contributed by atoms with Gasteiger partial charge in [0.15, 0.2) is 0 Å². The molecule has 2 aliphatic heterocycles. The molecule has 0 unspecified atom stereocenters. The Bertz CT molecular complexity index is 2350. The number of carbonyl (C=O) groups excluding carboxylic acids is 1. The van der Waals surface area contributed by atoms with Crippen LogP contribution in [0.15, 0.2) is 97.1 Å². The van der Waals surface area contributed by atoms with Gasteiger partial charge >= 0.3 is 209 Å². The predicted octanol–water partition coefficient (Wildman–Crippen LogP) is 6.37. The molecule has 2 saturated heterocycles. The van der Waals surface area contributed by atoms with Gasteiger partial charge < -0.3 is 4.18 Å². The number of aliphatic hydroxyl groups excluding tert-OH is 2. The van der Waals surface area contributed by atoms with Gasteiger partial charge in [-0.2, -0.15) is 21.6 Å². The maximum atomic E-state index is 15.0. The number of hydrogen-bond donors (Lipinski definition) is 2. The normalized spacial score (nSPS) is 22.0. The Labute approximate surface area is 353 Å². The van der Waals surface area contributed by atoms with Crippen LogP contribution >= 0.6 is 7.94 Å². The summed E-state index contributed by atoms with van der Waals surface area (Å²) in [5.41, 5.74) is -4.90. The number of hydrogen-bond acceptors (Lipinski definition) is 14. The number of carbonyl (C=O) groups is 1. The van der Waals surface area contributed by atoms with Crippen molar-refractivity contribution in [1.29, 1.82) is 0 Å². The van der Waals surface area contributed by atoms with Crippen molar-refractivity contribution in [2.45, 2.75) is 75.9 Å². The van der Waals surface area contributed by atoms with Gasteiger partial charge in [-0.25, -0.2) is 0 Å². The third-order valence-corrected chi connectivity index (χ3v) is 13.7. The van der Waals surface area contributed by atoms with Gasteiger partial charge in [0, 0.05) is 18.2 Å². The number of amides is 2. The first kappa shape index (κ1) is 46.0. The van der Waals surface area contributed by atoms with E-state index in [0.29, 0.717) is 23.5 Å². The van der Waals surface area contributed by atoms with Crippen LogP contribution in [0.2, 0.25) is 0 Å². The van der Waals surface area contributed by atoms with Gasteiger partial charge in [0.1, 0.15) is 5.75 Å². The first-order valence-corrected chi connectivity index (χ1v) is 22.3. The summed E-state index contributed by atoms with van der Waals surface area (Å²) in [5.74, 6) is -0.250. The van der Waals surface area contributed by atoms with Gasteiger partial charge in [0.2, 0.25) is 0 Å². The number of non-ortho nitro benzene ring substituents is 2. The van der Waals surface area contributed by atoms with Gasteiger partial charge in [-0.3, -0.25) is 20.2 Å². The third-order valence-electron chi connectivity index (χ3n) is 10.1. The number of nitro benzene ring substituents is 2. The van der Waals surface area contributed by atoms with Crippen LogP contribution in [0.1, 0.15) is 36.1 Å². The molecule has 62 heavy (non-hydrogen) atoms. The first-order valence-electron chi connectivity index (χ1n) is 19.0.